The molecule has 0 N–H and O–H groups in total. The van der Waals surface area contributed by atoms with Crippen LogP contribution in [0.15, 0.2) is 36.7 Å². The Labute approximate surface area is 139 Å². The Morgan fingerprint density at radius 2 is 1.91 bits per heavy atom. The van der Waals surface area contributed by atoms with E-state index in [1.807, 2.05) is 0 Å². The molecule has 1 aromatic heterocycles. The summed E-state index contributed by atoms with van der Waals surface area (Å²) >= 11 is 2.10. The molecule has 22 heavy (non-hydrogen) atoms. The van der Waals surface area contributed by atoms with E-state index in [-0.39, 0.29) is 23.9 Å². The topological polar surface area (TPSA) is 42.4 Å². The monoisotopic (exact) mass is 416 g/mol. The van der Waals surface area contributed by atoms with Crippen molar-refractivity contribution in [3.8, 4) is 11.1 Å². The molecule has 1 unspecified atom stereocenters. The van der Waals surface area contributed by atoms with Crippen LogP contribution in [0.2, 0.25) is 0 Å². The molecular weight excluding hydrogens is 405 g/mol. The van der Waals surface area contributed by atoms with Crippen molar-refractivity contribution in [1.82, 2.24) is 4.98 Å². The number of carbonyl (C=O) groups excluding carboxylic acids is 1. The fraction of sp³-hybridized carbons (Fsp3) is 0.200. The first-order valence-electron chi connectivity index (χ1n) is 6.53. The summed E-state index contributed by atoms with van der Waals surface area (Å²) in [5.41, 5.74) is 0.417. The highest BCUT2D eigenvalue weighted by atomic mass is 127. The highest BCUT2D eigenvalue weighted by Crippen LogP contribution is 2.31. The molecule has 2 aromatic rings. The first-order chi connectivity index (χ1) is 10.6. The summed E-state index contributed by atoms with van der Waals surface area (Å²) in [5.74, 6) is -1.46. The number of rotatable bonds is 3. The molecule has 0 saturated carbocycles. The molecule has 0 bridgehead atoms. The molecule has 1 atom stereocenters. The number of alkyl halides is 1. The Hall–Kier alpha value is -1.77. The minimum atomic E-state index is -0.730. The zero-order valence-corrected chi connectivity index (χ0v) is 13.5. The summed E-state index contributed by atoms with van der Waals surface area (Å²) in [5, 5.41) is 0. The van der Waals surface area contributed by atoms with E-state index in [9.17, 15) is 13.6 Å². The van der Waals surface area contributed by atoms with Crippen molar-refractivity contribution in [3.05, 3.63) is 48.3 Å². The quantitative estimate of drug-likeness (QED) is 0.565. The van der Waals surface area contributed by atoms with Crippen molar-refractivity contribution in [2.75, 3.05) is 15.9 Å². The normalized spacial score (nSPS) is 17.7. The summed E-state index contributed by atoms with van der Waals surface area (Å²) in [6.45, 7) is 0.287. The Bertz CT molecular complexity index is 689. The third kappa shape index (κ3) is 2.77. The van der Waals surface area contributed by atoms with E-state index < -0.39 is 17.7 Å². The zero-order chi connectivity index (χ0) is 15.7. The van der Waals surface area contributed by atoms with E-state index in [4.69, 9.17) is 4.74 Å². The van der Waals surface area contributed by atoms with Crippen LogP contribution < -0.4 is 4.90 Å². The molecule has 0 aliphatic carbocycles. The van der Waals surface area contributed by atoms with Crippen molar-refractivity contribution in [2.24, 2.45) is 0 Å². The van der Waals surface area contributed by atoms with Gasteiger partial charge in [-0.25, -0.2) is 13.6 Å². The third-order valence-electron chi connectivity index (χ3n) is 3.35. The van der Waals surface area contributed by atoms with Gasteiger partial charge in [0, 0.05) is 16.8 Å². The van der Waals surface area contributed by atoms with E-state index in [2.05, 4.69) is 27.6 Å². The van der Waals surface area contributed by atoms with Gasteiger partial charge in [0.2, 0.25) is 0 Å². The molecule has 4 nitrogen and oxygen atoms in total. The number of pyridine rings is 1. The number of hydrogen-bond donors (Lipinski definition) is 0. The summed E-state index contributed by atoms with van der Waals surface area (Å²) < 4.78 is 34.4. The largest absolute Gasteiger partial charge is 0.443 e. The minimum Gasteiger partial charge on any atom is -0.443 e. The van der Waals surface area contributed by atoms with Crippen molar-refractivity contribution in [3.63, 3.8) is 0 Å². The van der Waals surface area contributed by atoms with Crippen LogP contribution in [0, 0.1) is 11.6 Å². The van der Waals surface area contributed by atoms with Gasteiger partial charge in [-0.1, -0.05) is 22.6 Å². The summed E-state index contributed by atoms with van der Waals surface area (Å²) in [6.07, 6.45) is 2.08. The lowest BCUT2D eigenvalue weighted by atomic mass is 10.0. The smallest absolute Gasteiger partial charge is 0.414 e. The number of aromatic nitrogens is 1. The average molecular weight is 416 g/mol. The van der Waals surface area contributed by atoms with Crippen LogP contribution >= 0.6 is 22.6 Å². The van der Waals surface area contributed by atoms with E-state index >= 15 is 0 Å². The van der Waals surface area contributed by atoms with Gasteiger partial charge in [0.05, 0.1) is 17.8 Å². The molecule has 0 radical (unpaired) electrons. The number of ether oxygens (including phenoxy) is 1. The molecule has 1 saturated heterocycles. The standard InChI is InChI=1S/C15H11F2IN2O2/c16-12-5-10(20-8-11(7-18)22-15(20)21)6-13(17)14(12)9-1-3-19-4-2-9/h1-6,11H,7-8H2. The lowest BCUT2D eigenvalue weighted by Gasteiger charge is -2.15. The molecular formula is C15H11F2IN2O2. The first kappa shape index (κ1) is 15.1. The van der Waals surface area contributed by atoms with Gasteiger partial charge in [-0.2, -0.15) is 0 Å². The van der Waals surface area contributed by atoms with Gasteiger partial charge in [-0.3, -0.25) is 9.88 Å². The van der Waals surface area contributed by atoms with Crippen molar-refractivity contribution >= 4 is 34.4 Å². The number of cyclic esters (lactones) is 1. The summed E-state index contributed by atoms with van der Waals surface area (Å²) in [6, 6.07) is 5.35. The van der Waals surface area contributed by atoms with Crippen molar-refractivity contribution in [2.45, 2.75) is 6.10 Å². The predicted octanol–water partition coefficient (Wildman–Crippen LogP) is 3.79. The second kappa shape index (κ2) is 6.15. The minimum absolute atomic E-state index is 0.135. The second-order valence-corrected chi connectivity index (χ2v) is 5.67. The van der Waals surface area contributed by atoms with Gasteiger partial charge in [0.25, 0.3) is 0 Å². The molecule has 2 heterocycles. The summed E-state index contributed by atoms with van der Waals surface area (Å²) in [7, 11) is 0. The number of anilines is 1. The Balaban J connectivity index is 1.98. The predicted molar refractivity (Wildman–Crippen MR) is 86.1 cm³/mol. The maximum absolute atomic E-state index is 14.3. The van der Waals surface area contributed by atoms with Gasteiger partial charge in [-0.05, 0) is 29.8 Å². The molecule has 3 rings (SSSR count). The SMILES string of the molecule is O=C1OC(CI)CN1c1cc(F)c(-c2ccncc2)c(F)c1. The number of amides is 1. The van der Waals surface area contributed by atoms with Crippen molar-refractivity contribution in [1.29, 1.82) is 0 Å². The highest BCUT2D eigenvalue weighted by Gasteiger charge is 2.32. The molecule has 1 aliphatic rings. The number of benzene rings is 1. The van der Waals surface area contributed by atoms with Crippen LogP contribution in [0.3, 0.4) is 0 Å². The molecule has 1 aliphatic heterocycles. The second-order valence-electron chi connectivity index (χ2n) is 4.79. The van der Waals surface area contributed by atoms with E-state index in [0.717, 1.165) is 12.1 Å². The molecule has 0 spiro atoms. The van der Waals surface area contributed by atoms with E-state index in [1.165, 1.54) is 29.4 Å². The van der Waals surface area contributed by atoms with Crippen LogP contribution in [0.25, 0.3) is 11.1 Å². The average Bonchev–Trinajstić information content (AvgIpc) is 2.89. The fourth-order valence-electron chi connectivity index (χ4n) is 2.32. The lowest BCUT2D eigenvalue weighted by molar-refractivity contribution is 0.153. The van der Waals surface area contributed by atoms with Crippen molar-refractivity contribution < 1.29 is 18.3 Å². The number of hydrogen-bond acceptors (Lipinski definition) is 3. The van der Waals surface area contributed by atoms with Gasteiger partial charge in [0.1, 0.15) is 17.7 Å². The van der Waals surface area contributed by atoms with E-state index in [0.29, 0.717) is 9.99 Å². The molecule has 1 fully saturated rings. The number of nitrogens with zero attached hydrogens (tertiary/aromatic N) is 2. The van der Waals surface area contributed by atoms with Crippen LogP contribution in [0.1, 0.15) is 0 Å². The first-order valence-corrected chi connectivity index (χ1v) is 8.06. The number of carbonyl (C=O) groups is 1. The van der Waals surface area contributed by atoms with Crippen LogP contribution in [0.4, 0.5) is 19.3 Å². The fourth-order valence-corrected chi connectivity index (χ4v) is 2.78. The lowest BCUT2D eigenvalue weighted by Crippen LogP contribution is -2.25. The Kier molecular flexibility index (Phi) is 4.23. The zero-order valence-electron chi connectivity index (χ0n) is 11.3. The van der Waals surface area contributed by atoms with Crippen LogP contribution in [0.5, 0.6) is 0 Å². The Morgan fingerprint density at radius 1 is 1.27 bits per heavy atom. The van der Waals surface area contributed by atoms with Gasteiger partial charge >= 0.3 is 6.09 Å². The van der Waals surface area contributed by atoms with Gasteiger partial charge < -0.3 is 4.74 Å². The maximum Gasteiger partial charge on any atom is 0.414 e. The molecule has 114 valence electrons. The third-order valence-corrected chi connectivity index (χ3v) is 4.34. The maximum atomic E-state index is 14.3. The van der Waals surface area contributed by atoms with Crippen LogP contribution in [-0.4, -0.2) is 28.2 Å². The molecule has 1 amide bonds. The number of halogens is 3. The Morgan fingerprint density at radius 3 is 2.45 bits per heavy atom. The molecule has 1 aromatic carbocycles. The summed E-state index contributed by atoms with van der Waals surface area (Å²) in [4.78, 5) is 16.8. The highest BCUT2D eigenvalue weighted by molar-refractivity contribution is 14.1. The van der Waals surface area contributed by atoms with Gasteiger partial charge in [0.15, 0.2) is 0 Å². The molecule has 7 heteroatoms. The van der Waals surface area contributed by atoms with E-state index in [1.54, 1.807) is 0 Å². The van der Waals surface area contributed by atoms with Crippen LogP contribution in [-0.2, 0) is 4.74 Å². The van der Waals surface area contributed by atoms with Gasteiger partial charge in [-0.15, -0.1) is 0 Å².